The molecule has 0 aliphatic carbocycles. The quantitative estimate of drug-likeness (QED) is 0.358. The van der Waals surface area contributed by atoms with Crippen LogP contribution in [-0.4, -0.2) is 49.7 Å². The van der Waals surface area contributed by atoms with E-state index in [-0.39, 0.29) is 38.4 Å². The van der Waals surface area contributed by atoms with E-state index in [0.29, 0.717) is 0 Å². The first-order valence-corrected chi connectivity index (χ1v) is 9.97. The fraction of sp³-hybridized carbons (Fsp3) is 0.500. The largest absolute Gasteiger partial charge is 0.466 e. The van der Waals surface area contributed by atoms with Crippen LogP contribution < -0.4 is 5.32 Å². The minimum atomic E-state index is -1.15. The van der Waals surface area contributed by atoms with Gasteiger partial charge < -0.3 is 23.7 Å². The van der Waals surface area contributed by atoms with E-state index in [9.17, 15) is 14.4 Å². The second kappa shape index (κ2) is 10.9. The van der Waals surface area contributed by atoms with E-state index in [0.717, 1.165) is 5.56 Å². The number of carbonyl (C=O) groups is 3. The molecule has 2 rings (SSSR count). The lowest BCUT2D eigenvalue weighted by Gasteiger charge is -2.27. The van der Waals surface area contributed by atoms with Crippen LogP contribution in [0.2, 0.25) is 0 Å². The van der Waals surface area contributed by atoms with Crippen molar-refractivity contribution in [3.63, 3.8) is 0 Å². The molecule has 1 unspecified atom stereocenters. The average Bonchev–Trinajstić information content (AvgIpc) is 3.05. The Morgan fingerprint density at radius 3 is 2.45 bits per heavy atom. The summed E-state index contributed by atoms with van der Waals surface area (Å²) in [5, 5.41) is 2.40. The Kier molecular flexibility index (Phi) is 8.58. The third kappa shape index (κ3) is 7.69. The van der Waals surface area contributed by atoms with E-state index in [1.807, 2.05) is 18.2 Å². The van der Waals surface area contributed by atoms with Gasteiger partial charge in [-0.3, -0.25) is 10.1 Å². The van der Waals surface area contributed by atoms with E-state index in [4.69, 9.17) is 23.7 Å². The summed E-state index contributed by atoms with van der Waals surface area (Å²) in [7, 11) is 1.19. The normalized spacial score (nSPS) is 20.1. The number of rotatable bonds is 9. The lowest BCUT2D eigenvalue weighted by molar-refractivity contribution is -0.157. The fourth-order valence-electron chi connectivity index (χ4n) is 3.05. The smallest absolute Gasteiger partial charge is 0.412 e. The van der Waals surface area contributed by atoms with E-state index in [2.05, 4.69) is 5.32 Å². The number of hydrogen-bond acceptors (Lipinski definition) is 8. The molecule has 0 radical (unpaired) electrons. The number of carbonyl (C=O) groups excluding carboxylic acids is 3. The number of amides is 1. The Balaban J connectivity index is 2.16. The molecule has 1 fully saturated rings. The highest BCUT2D eigenvalue weighted by molar-refractivity contribution is 5.92. The van der Waals surface area contributed by atoms with Crippen molar-refractivity contribution in [1.29, 1.82) is 0 Å². The molecular weight excluding hydrogens is 406 g/mol. The Labute approximate surface area is 181 Å². The second-order valence-electron chi connectivity index (χ2n) is 7.40. The van der Waals surface area contributed by atoms with Crippen molar-refractivity contribution >= 4 is 18.0 Å². The molecule has 1 atom stereocenters. The molecule has 1 amide bonds. The van der Waals surface area contributed by atoms with Crippen LogP contribution in [0.25, 0.3) is 0 Å². The highest BCUT2D eigenvalue weighted by atomic mass is 16.8. The first kappa shape index (κ1) is 24.4. The summed E-state index contributed by atoms with van der Waals surface area (Å²) in [5.41, 5.74) is -0.529. The summed E-state index contributed by atoms with van der Waals surface area (Å²) < 4.78 is 26.6. The minimum absolute atomic E-state index is 0.0295. The molecule has 0 bridgehead atoms. The lowest BCUT2D eigenvalue weighted by Crippen LogP contribution is -2.37. The standard InChI is InChI=1S/C22H29NO8/c1-5-28-18(24)11-12-22(15-30-21(2,3)31-22)13-17(19(25)27-4)23-20(26)29-14-16-9-7-6-8-10-16/h6-10,13H,5,11-12,14-15H2,1-4H3,(H,23,26)/b17-13+. The van der Waals surface area contributed by atoms with Crippen LogP contribution in [-0.2, 0) is 39.9 Å². The highest BCUT2D eigenvalue weighted by Crippen LogP contribution is 2.36. The van der Waals surface area contributed by atoms with Crippen LogP contribution in [0.15, 0.2) is 42.1 Å². The maximum absolute atomic E-state index is 12.3. The molecule has 9 heteroatoms. The molecular formula is C22H29NO8. The van der Waals surface area contributed by atoms with Gasteiger partial charge >= 0.3 is 18.0 Å². The Hall–Kier alpha value is -2.91. The predicted molar refractivity (Wildman–Crippen MR) is 110 cm³/mol. The summed E-state index contributed by atoms with van der Waals surface area (Å²) >= 11 is 0. The zero-order valence-electron chi connectivity index (χ0n) is 18.3. The molecule has 1 saturated heterocycles. The third-order valence-electron chi connectivity index (χ3n) is 4.43. The maximum atomic E-state index is 12.3. The Morgan fingerprint density at radius 2 is 1.87 bits per heavy atom. The maximum Gasteiger partial charge on any atom is 0.412 e. The zero-order valence-corrected chi connectivity index (χ0v) is 18.3. The second-order valence-corrected chi connectivity index (χ2v) is 7.40. The topological polar surface area (TPSA) is 109 Å². The van der Waals surface area contributed by atoms with Crippen LogP contribution in [0, 0.1) is 0 Å². The van der Waals surface area contributed by atoms with Gasteiger partial charge in [-0.05, 0) is 38.8 Å². The molecule has 1 aliphatic rings. The first-order valence-electron chi connectivity index (χ1n) is 9.97. The average molecular weight is 435 g/mol. The van der Waals surface area contributed by atoms with Gasteiger partial charge in [0.05, 0.1) is 20.3 Å². The van der Waals surface area contributed by atoms with E-state index in [1.165, 1.54) is 13.2 Å². The van der Waals surface area contributed by atoms with E-state index in [1.54, 1.807) is 32.9 Å². The van der Waals surface area contributed by atoms with Gasteiger partial charge in [0.2, 0.25) is 0 Å². The van der Waals surface area contributed by atoms with E-state index >= 15 is 0 Å². The van der Waals surface area contributed by atoms with Gasteiger partial charge in [0.25, 0.3) is 0 Å². The minimum Gasteiger partial charge on any atom is -0.466 e. The van der Waals surface area contributed by atoms with Gasteiger partial charge in [-0.25, -0.2) is 9.59 Å². The van der Waals surface area contributed by atoms with Crippen molar-refractivity contribution in [2.75, 3.05) is 20.3 Å². The summed E-state index contributed by atoms with van der Waals surface area (Å²) in [6, 6.07) is 9.11. The summed E-state index contributed by atoms with van der Waals surface area (Å²) in [4.78, 5) is 36.4. The molecule has 1 aliphatic heterocycles. The predicted octanol–water partition coefficient (Wildman–Crippen LogP) is 2.83. The van der Waals surface area contributed by atoms with Crippen LogP contribution >= 0.6 is 0 Å². The van der Waals surface area contributed by atoms with E-state index < -0.39 is 29.4 Å². The van der Waals surface area contributed by atoms with Gasteiger partial charge in [-0.1, -0.05) is 30.3 Å². The number of nitrogens with one attached hydrogen (secondary N) is 1. The van der Waals surface area contributed by atoms with Crippen LogP contribution in [0.3, 0.4) is 0 Å². The Morgan fingerprint density at radius 1 is 1.16 bits per heavy atom. The van der Waals surface area contributed by atoms with Crippen molar-refractivity contribution in [3.8, 4) is 0 Å². The molecule has 31 heavy (non-hydrogen) atoms. The van der Waals surface area contributed by atoms with Crippen molar-refractivity contribution in [3.05, 3.63) is 47.7 Å². The molecule has 1 heterocycles. The molecule has 0 aromatic heterocycles. The molecule has 0 spiro atoms. The number of benzene rings is 1. The van der Waals surface area contributed by atoms with Gasteiger partial charge in [0.15, 0.2) is 5.79 Å². The van der Waals surface area contributed by atoms with Crippen molar-refractivity contribution in [1.82, 2.24) is 5.32 Å². The van der Waals surface area contributed by atoms with Gasteiger partial charge in [-0.15, -0.1) is 0 Å². The summed E-state index contributed by atoms with van der Waals surface area (Å²) in [6.07, 6.45) is 0.781. The zero-order chi connectivity index (χ0) is 22.9. The summed E-state index contributed by atoms with van der Waals surface area (Å²) in [6.45, 7) is 5.50. The Bertz CT molecular complexity index is 805. The lowest BCUT2D eigenvalue weighted by atomic mass is 9.97. The monoisotopic (exact) mass is 435 g/mol. The molecule has 0 saturated carbocycles. The molecule has 1 N–H and O–H groups in total. The molecule has 1 aromatic rings. The number of esters is 2. The molecule has 1 aromatic carbocycles. The van der Waals surface area contributed by atoms with Gasteiger partial charge in [-0.2, -0.15) is 0 Å². The highest BCUT2D eigenvalue weighted by Gasteiger charge is 2.45. The van der Waals surface area contributed by atoms with Crippen molar-refractivity contribution < 1.29 is 38.1 Å². The number of hydrogen-bond donors (Lipinski definition) is 1. The van der Waals surface area contributed by atoms with Crippen LogP contribution in [0.1, 0.15) is 39.2 Å². The first-order chi connectivity index (χ1) is 14.7. The SMILES string of the molecule is CCOC(=O)CCC1(/C=C(/NC(=O)OCc2ccccc2)C(=O)OC)COC(C)(C)O1. The van der Waals surface area contributed by atoms with Gasteiger partial charge in [0.1, 0.15) is 17.9 Å². The van der Waals surface area contributed by atoms with Crippen molar-refractivity contribution in [2.45, 2.75) is 51.6 Å². The fourth-order valence-corrected chi connectivity index (χ4v) is 3.05. The van der Waals surface area contributed by atoms with Crippen LogP contribution in [0.4, 0.5) is 4.79 Å². The van der Waals surface area contributed by atoms with Crippen LogP contribution in [0.5, 0.6) is 0 Å². The van der Waals surface area contributed by atoms with Crippen molar-refractivity contribution in [2.24, 2.45) is 0 Å². The molecule has 9 nitrogen and oxygen atoms in total. The van der Waals surface area contributed by atoms with Gasteiger partial charge in [0, 0.05) is 6.42 Å². The number of alkyl carbamates (subject to hydrolysis) is 1. The number of methoxy groups -OCH3 is 1. The number of ether oxygens (including phenoxy) is 5. The third-order valence-corrected chi connectivity index (χ3v) is 4.43. The molecule has 170 valence electrons. The summed E-state index contributed by atoms with van der Waals surface area (Å²) in [5.74, 6) is -2.14.